The monoisotopic (exact) mass is 296 g/mol. The number of phenolic OH excluding ortho intramolecular Hbond substituents is 1. The van der Waals surface area contributed by atoms with Crippen molar-refractivity contribution in [2.24, 2.45) is 0 Å². The second kappa shape index (κ2) is 5.76. The van der Waals surface area contributed by atoms with Crippen LogP contribution in [-0.4, -0.2) is 18.3 Å². The van der Waals surface area contributed by atoms with Gasteiger partial charge in [0.25, 0.3) is 0 Å². The van der Waals surface area contributed by atoms with E-state index in [1.807, 2.05) is 25.1 Å². The van der Waals surface area contributed by atoms with Crippen LogP contribution in [0.25, 0.3) is 11.1 Å². The van der Waals surface area contributed by atoms with Gasteiger partial charge in [-0.05, 0) is 48.7 Å². The van der Waals surface area contributed by atoms with Crippen LogP contribution in [-0.2, 0) is 0 Å². The summed E-state index contributed by atoms with van der Waals surface area (Å²) in [6, 6.07) is 13.4. The van der Waals surface area contributed by atoms with Gasteiger partial charge in [0.2, 0.25) is 0 Å². The minimum absolute atomic E-state index is 0.0577. The summed E-state index contributed by atoms with van der Waals surface area (Å²) in [6.07, 6.45) is 0.852. The molecule has 3 rings (SSSR count). The molecule has 1 N–H and O–H groups in total. The van der Waals surface area contributed by atoms with Crippen molar-refractivity contribution in [2.45, 2.75) is 26.4 Å². The highest BCUT2D eigenvalue weighted by molar-refractivity contribution is 5.95. The first kappa shape index (κ1) is 14.5. The Kier molecular flexibility index (Phi) is 3.80. The fourth-order valence-electron chi connectivity index (χ4n) is 3.06. The molecule has 0 saturated carbocycles. The molecule has 0 aromatic heterocycles. The summed E-state index contributed by atoms with van der Waals surface area (Å²) in [7, 11) is 1.67. The van der Waals surface area contributed by atoms with Crippen molar-refractivity contribution in [2.75, 3.05) is 7.11 Å². The molecule has 0 aliphatic carbocycles. The highest BCUT2D eigenvalue weighted by Gasteiger charge is 2.26. The van der Waals surface area contributed by atoms with Gasteiger partial charge >= 0.3 is 0 Å². The van der Waals surface area contributed by atoms with Crippen LogP contribution in [0.5, 0.6) is 17.2 Å². The van der Waals surface area contributed by atoms with Gasteiger partial charge in [0, 0.05) is 17.2 Å². The Morgan fingerprint density at radius 2 is 1.86 bits per heavy atom. The van der Waals surface area contributed by atoms with Crippen molar-refractivity contribution in [1.29, 1.82) is 0 Å². The Morgan fingerprint density at radius 1 is 1.14 bits per heavy atom. The fourth-order valence-corrected chi connectivity index (χ4v) is 3.06. The number of hydrogen-bond acceptors (Lipinski definition) is 3. The minimum Gasteiger partial charge on any atom is -0.508 e. The maximum atomic E-state index is 9.66. The molecule has 22 heavy (non-hydrogen) atoms. The van der Waals surface area contributed by atoms with Crippen LogP contribution in [0.4, 0.5) is 0 Å². The number of fused-ring (bicyclic) bond motifs is 1. The van der Waals surface area contributed by atoms with Crippen molar-refractivity contribution >= 4 is 11.1 Å². The van der Waals surface area contributed by atoms with Gasteiger partial charge in [-0.15, -0.1) is 0 Å². The average Bonchev–Trinajstić information content (AvgIpc) is 2.53. The van der Waals surface area contributed by atoms with E-state index in [0.29, 0.717) is 0 Å². The molecular weight excluding hydrogens is 276 g/mol. The molecule has 0 spiro atoms. The van der Waals surface area contributed by atoms with Gasteiger partial charge in [0.15, 0.2) is 0 Å². The van der Waals surface area contributed by atoms with Crippen LogP contribution in [0.2, 0.25) is 0 Å². The molecular formula is C19H20O3. The molecule has 0 bridgehead atoms. The molecule has 2 aromatic carbocycles. The largest absolute Gasteiger partial charge is 0.508 e. The highest BCUT2D eigenvalue weighted by atomic mass is 16.5. The van der Waals surface area contributed by atoms with E-state index in [2.05, 4.69) is 19.1 Å². The number of allylic oxidation sites excluding steroid dienone is 1. The SMILES string of the molecule is CCC1=C(c2ccc(OC)cc2)[C@@H](C)Oc2cc(O)ccc21. The van der Waals surface area contributed by atoms with E-state index in [1.165, 1.54) is 11.1 Å². The number of benzene rings is 2. The van der Waals surface area contributed by atoms with Gasteiger partial charge in [-0.3, -0.25) is 0 Å². The number of methoxy groups -OCH3 is 1. The van der Waals surface area contributed by atoms with Crippen molar-refractivity contribution in [1.82, 2.24) is 0 Å². The molecule has 0 fully saturated rings. The van der Waals surface area contributed by atoms with Crippen molar-refractivity contribution in [3.05, 3.63) is 53.6 Å². The lowest BCUT2D eigenvalue weighted by Gasteiger charge is -2.29. The second-order valence-corrected chi connectivity index (χ2v) is 5.41. The van der Waals surface area contributed by atoms with Crippen LogP contribution in [0.3, 0.4) is 0 Å². The van der Waals surface area contributed by atoms with E-state index < -0.39 is 0 Å². The lowest BCUT2D eigenvalue weighted by atomic mass is 9.87. The number of hydrogen-bond donors (Lipinski definition) is 1. The summed E-state index contributed by atoms with van der Waals surface area (Å²) in [5.74, 6) is 1.83. The Morgan fingerprint density at radius 3 is 2.50 bits per heavy atom. The molecule has 1 aliphatic rings. The first-order chi connectivity index (χ1) is 10.6. The van der Waals surface area contributed by atoms with E-state index in [9.17, 15) is 5.11 Å². The molecule has 0 saturated heterocycles. The number of phenols is 1. The Hall–Kier alpha value is -2.42. The predicted octanol–water partition coefficient (Wildman–Crippen LogP) is 4.50. The molecule has 0 radical (unpaired) electrons. The summed E-state index contributed by atoms with van der Waals surface area (Å²) in [6.45, 7) is 4.19. The minimum atomic E-state index is -0.0577. The lowest BCUT2D eigenvalue weighted by molar-refractivity contribution is 0.272. The molecule has 1 atom stereocenters. The molecule has 3 heteroatoms. The summed E-state index contributed by atoms with van der Waals surface area (Å²) < 4.78 is 11.3. The molecule has 0 amide bonds. The third kappa shape index (κ3) is 2.43. The third-order valence-electron chi connectivity index (χ3n) is 4.08. The van der Waals surface area contributed by atoms with E-state index in [1.54, 1.807) is 19.2 Å². The zero-order valence-corrected chi connectivity index (χ0v) is 13.1. The van der Waals surface area contributed by atoms with E-state index in [4.69, 9.17) is 9.47 Å². The van der Waals surface area contributed by atoms with Gasteiger partial charge in [0.05, 0.1) is 7.11 Å². The first-order valence-electron chi connectivity index (χ1n) is 7.51. The summed E-state index contributed by atoms with van der Waals surface area (Å²) in [5.41, 5.74) is 4.66. The Labute approximate surface area is 130 Å². The standard InChI is InChI=1S/C19H20O3/c1-4-16-17-10-7-14(20)11-18(17)22-12(2)19(16)13-5-8-15(21-3)9-6-13/h5-12,20H,4H2,1-3H3/t12-/m1/s1. The third-order valence-corrected chi connectivity index (χ3v) is 4.08. The van der Waals surface area contributed by atoms with Crippen molar-refractivity contribution < 1.29 is 14.6 Å². The fraction of sp³-hybridized carbons (Fsp3) is 0.263. The quantitative estimate of drug-likeness (QED) is 0.906. The zero-order valence-electron chi connectivity index (χ0n) is 13.1. The van der Waals surface area contributed by atoms with E-state index in [0.717, 1.165) is 29.0 Å². The van der Waals surface area contributed by atoms with Crippen LogP contribution < -0.4 is 9.47 Å². The average molecular weight is 296 g/mol. The van der Waals surface area contributed by atoms with Gasteiger partial charge in [-0.25, -0.2) is 0 Å². The van der Waals surface area contributed by atoms with Crippen LogP contribution in [0.15, 0.2) is 42.5 Å². The maximum absolute atomic E-state index is 9.66. The summed E-state index contributed by atoms with van der Waals surface area (Å²) in [4.78, 5) is 0. The van der Waals surface area contributed by atoms with Gasteiger partial charge < -0.3 is 14.6 Å². The van der Waals surface area contributed by atoms with Gasteiger partial charge in [-0.1, -0.05) is 19.1 Å². The van der Waals surface area contributed by atoms with Crippen molar-refractivity contribution in [3.63, 3.8) is 0 Å². The second-order valence-electron chi connectivity index (χ2n) is 5.41. The molecule has 1 heterocycles. The van der Waals surface area contributed by atoms with E-state index in [-0.39, 0.29) is 11.9 Å². The summed E-state index contributed by atoms with van der Waals surface area (Å²) >= 11 is 0. The predicted molar refractivity (Wildman–Crippen MR) is 88.3 cm³/mol. The van der Waals surface area contributed by atoms with Crippen LogP contribution >= 0.6 is 0 Å². The number of ether oxygens (including phenoxy) is 2. The van der Waals surface area contributed by atoms with Gasteiger partial charge in [-0.2, -0.15) is 0 Å². The van der Waals surface area contributed by atoms with Crippen LogP contribution in [0, 0.1) is 0 Å². The first-order valence-corrected chi connectivity index (χ1v) is 7.51. The lowest BCUT2D eigenvalue weighted by Crippen LogP contribution is -2.20. The topological polar surface area (TPSA) is 38.7 Å². The molecule has 3 nitrogen and oxygen atoms in total. The summed E-state index contributed by atoms with van der Waals surface area (Å²) in [5, 5.41) is 9.66. The number of rotatable bonds is 3. The van der Waals surface area contributed by atoms with E-state index >= 15 is 0 Å². The van der Waals surface area contributed by atoms with Crippen LogP contribution in [0.1, 0.15) is 31.4 Å². The maximum Gasteiger partial charge on any atom is 0.131 e. The Balaban J connectivity index is 2.15. The Bertz CT molecular complexity index is 714. The normalized spacial score (nSPS) is 17.0. The number of aromatic hydroxyl groups is 1. The molecule has 0 unspecified atom stereocenters. The molecule has 1 aliphatic heterocycles. The highest BCUT2D eigenvalue weighted by Crippen LogP contribution is 2.43. The molecule has 114 valence electrons. The van der Waals surface area contributed by atoms with Crippen molar-refractivity contribution in [3.8, 4) is 17.2 Å². The smallest absolute Gasteiger partial charge is 0.131 e. The molecule has 2 aromatic rings. The van der Waals surface area contributed by atoms with Gasteiger partial charge in [0.1, 0.15) is 23.4 Å². The zero-order chi connectivity index (χ0) is 15.7.